The van der Waals surface area contributed by atoms with Gasteiger partial charge in [0.2, 0.25) is 0 Å². The largest absolute Gasteiger partial charge is 0.305 e. The first-order valence-corrected chi connectivity index (χ1v) is 19.7. The van der Waals surface area contributed by atoms with E-state index in [1.165, 1.54) is 34.9 Å². The third kappa shape index (κ3) is 7.43. The molecular weight excluding hydrogens is 804 g/mol. The van der Waals surface area contributed by atoms with E-state index in [4.69, 9.17) is 9.60 Å². The summed E-state index contributed by atoms with van der Waals surface area (Å²) in [5.74, 6) is -0.974. The van der Waals surface area contributed by atoms with Crippen LogP contribution in [-0.2, 0) is 20.1 Å². The van der Waals surface area contributed by atoms with Crippen molar-refractivity contribution in [1.29, 1.82) is 0 Å². The molecule has 3 aromatic heterocycles. The van der Waals surface area contributed by atoms with Crippen molar-refractivity contribution in [3.63, 3.8) is 0 Å². The Kier molecular flexibility index (Phi) is 8.32. The molecule has 0 aliphatic carbocycles. The maximum absolute atomic E-state index is 14.5. The van der Waals surface area contributed by atoms with Crippen LogP contribution in [0.1, 0.15) is 46.0 Å². The number of benzene rings is 4. The molecule has 0 unspecified atom stereocenters. The zero-order valence-corrected chi connectivity index (χ0v) is 31.5. The standard InChI is InChI=1S/C24H15FNS.C18H24NSi.Ir/c1-15-14-26-21(13-19(15)16-7-3-2-4-8-16)17-9-5-10-18-23-20(25)11-6-12-22(23)27-24(17)18;1-13(2)16-11-17(15-9-7-14(3)8-10-15)19-12-18(16)20(4,5)6;/h2-8,10-14H,1H3;7-9,11-13H,1-6H3;/q2*-1;/i1D3;3D3,13D;. The molecule has 2 nitrogen and oxygen atoms in total. The molecule has 245 valence electrons. The number of pyridine rings is 2. The van der Waals surface area contributed by atoms with Gasteiger partial charge in [0.15, 0.2) is 0 Å². The quantitative estimate of drug-likeness (QED) is 0.127. The van der Waals surface area contributed by atoms with Crippen LogP contribution >= 0.6 is 11.3 Å². The van der Waals surface area contributed by atoms with Crippen molar-refractivity contribution in [1.82, 2.24) is 9.97 Å². The molecule has 7 aromatic rings. The second-order valence-electron chi connectivity index (χ2n) is 12.6. The van der Waals surface area contributed by atoms with E-state index in [1.807, 2.05) is 68.6 Å². The van der Waals surface area contributed by atoms with Crippen molar-refractivity contribution in [2.45, 2.75) is 53.1 Å². The van der Waals surface area contributed by atoms with Crippen LogP contribution in [0, 0.1) is 31.7 Å². The minimum Gasteiger partial charge on any atom is -0.305 e. The number of hydrogen-bond donors (Lipinski definition) is 0. The van der Waals surface area contributed by atoms with Crippen LogP contribution in [0.2, 0.25) is 19.6 Å². The molecule has 0 saturated carbocycles. The Hall–Kier alpha value is -3.80. The summed E-state index contributed by atoms with van der Waals surface area (Å²) >= 11 is 1.49. The Bertz CT molecular complexity index is 2450. The molecule has 7 rings (SSSR count). The van der Waals surface area contributed by atoms with Gasteiger partial charge in [-0.3, -0.25) is 0 Å². The maximum atomic E-state index is 14.5. The van der Waals surface area contributed by atoms with Gasteiger partial charge >= 0.3 is 0 Å². The zero-order chi connectivity index (χ0) is 39.2. The van der Waals surface area contributed by atoms with E-state index in [9.17, 15) is 4.39 Å². The second kappa shape index (κ2) is 14.8. The van der Waals surface area contributed by atoms with Crippen LogP contribution in [0.15, 0.2) is 103 Å². The van der Waals surface area contributed by atoms with E-state index in [0.717, 1.165) is 42.7 Å². The first-order valence-electron chi connectivity index (χ1n) is 18.8. The average molecular weight is 850 g/mol. The summed E-state index contributed by atoms with van der Waals surface area (Å²) in [5.41, 5.74) is 5.69. The van der Waals surface area contributed by atoms with E-state index < -0.39 is 27.7 Å². The topological polar surface area (TPSA) is 25.8 Å². The predicted molar refractivity (Wildman–Crippen MR) is 202 cm³/mol. The zero-order valence-electron chi connectivity index (χ0n) is 34.3. The summed E-state index contributed by atoms with van der Waals surface area (Å²) < 4.78 is 70.7. The van der Waals surface area contributed by atoms with Crippen molar-refractivity contribution >= 4 is 44.8 Å². The fourth-order valence-electron chi connectivity index (χ4n) is 5.58. The van der Waals surface area contributed by atoms with Crippen LogP contribution in [0.5, 0.6) is 0 Å². The molecule has 1 radical (unpaired) electrons. The maximum Gasteiger partial charge on any atom is 0.130 e. The molecule has 48 heavy (non-hydrogen) atoms. The Labute approximate surface area is 312 Å². The number of aryl methyl sites for hydroxylation is 2. The van der Waals surface area contributed by atoms with E-state index in [2.05, 4.69) is 41.7 Å². The fourth-order valence-corrected chi connectivity index (χ4v) is 8.39. The third-order valence-electron chi connectivity index (χ3n) is 7.99. The number of rotatable bonds is 5. The van der Waals surface area contributed by atoms with Crippen molar-refractivity contribution in [2.24, 2.45) is 0 Å². The van der Waals surface area contributed by atoms with Crippen molar-refractivity contribution in [2.75, 3.05) is 0 Å². The molecule has 0 fully saturated rings. The number of hydrogen-bond acceptors (Lipinski definition) is 3. The molecule has 3 heterocycles. The smallest absolute Gasteiger partial charge is 0.130 e. The minimum absolute atomic E-state index is 0. The van der Waals surface area contributed by atoms with Gasteiger partial charge in [-0.05, 0) is 62.8 Å². The SMILES string of the molecule is [2H]C([2H])([2H])c1c[c-]c(-c2cc(C([2H])(C)C)c([Si](C)(C)C)cn2)cc1.[2H]C([2H])([2H])c1cnc(-c2[c-]ccc3c2sc2cccc(F)c23)cc1-c1ccccc1.[Ir]. The molecule has 6 heteroatoms. The Morgan fingerprint density at radius 3 is 2.35 bits per heavy atom. The van der Waals surface area contributed by atoms with Gasteiger partial charge in [0, 0.05) is 52.2 Å². The van der Waals surface area contributed by atoms with Gasteiger partial charge in [-0.25, -0.2) is 4.39 Å². The summed E-state index contributed by atoms with van der Waals surface area (Å²) in [5, 5.41) is 2.59. The van der Waals surface area contributed by atoms with Gasteiger partial charge in [0.25, 0.3) is 0 Å². The summed E-state index contributed by atoms with van der Waals surface area (Å²) in [4.78, 5) is 9.03. The van der Waals surface area contributed by atoms with E-state index in [0.29, 0.717) is 16.6 Å². The van der Waals surface area contributed by atoms with Crippen LogP contribution in [0.4, 0.5) is 4.39 Å². The Morgan fingerprint density at radius 1 is 0.875 bits per heavy atom. The number of nitrogens with zero attached hydrogens (tertiary/aromatic N) is 2. The summed E-state index contributed by atoms with van der Waals surface area (Å²) in [6.45, 7) is 6.10. The Balaban J connectivity index is 0.000000213. The minimum atomic E-state index is -2.28. The van der Waals surface area contributed by atoms with Crippen molar-refractivity contribution < 1.29 is 34.1 Å². The predicted octanol–water partition coefficient (Wildman–Crippen LogP) is 11.6. The normalized spacial score (nSPS) is 14.2. The van der Waals surface area contributed by atoms with Gasteiger partial charge < -0.3 is 9.97 Å². The molecule has 0 saturated heterocycles. The summed E-state index contributed by atoms with van der Waals surface area (Å²) in [6, 6.07) is 32.9. The van der Waals surface area contributed by atoms with Crippen LogP contribution in [-0.4, -0.2) is 18.0 Å². The Morgan fingerprint density at radius 2 is 1.67 bits per heavy atom. The first kappa shape index (κ1) is 27.1. The number of aromatic nitrogens is 2. The van der Waals surface area contributed by atoms with E-state index >= 15 is 0 Å². The molecule has 0 amide bonds. The second-order valence-corrected chi connectivity index (χ2v) is 18.7. The van der Waals surface area contributed by atoms with Crippen molar-refractivity contribution in [3.8, 4) is 33.6 Å². The molecule has 0 spiro atoms. The van der Waals surface area contributed by atoms with Gasteiger partial charge in [0.1, 0.15) is 5.82 Å². The molecule has 4 aromatic carbocycles. The molecule has 0 atom stereocenters. The van der Waals surface area contributed by atoms with Gasteiger partial charge in [-0.15, -0.1) is 59.2 Å². The number of fused-ring (bicyclic) bond motifs is 3. The van der Waals surface area contributed by atoms with Crippen molar-refractivity contribution in [3.05, 3.63) is 138 Å². The molecular formula is C42H39FIrN2SSi-2. The molecule has 0 bridgehead atoms. The fraction of sp³-hybridized carbons (Fsp3) is 0.190. The van der Waals surface area contributed by atoms with Crippen LogP contribution in [0.3, 0.4) is 0 Å². The first-order chi connectivity index (χ1) is 25.2. The molecule has 0 aliphatic rings. The summed E-state index contributed by atoms with van der Waals surface area (Å²) in [7, 11) is -1.61. The van der Waals surface area contributed by atoms with Gasteiger partial charge in [0.05, 0.1) is 8.07 Å². The average Bonchev–Trinajstić information content (AvgIpc) is 3.50. The summed E-state index contributed by atoms with van der Waals surface area (Å²) in [6.07, 6.45) is 3.31. The monoisotopic (exact) mass is 850 g/mol. The van der Waals surface area contributed by atoms with Gasteiger partial charge in [-0.1, -0.05) is 99.8 Å². The van der Waals surface area contributed by atoms with E-state index in [-0.39, 0.29) is 37.0 Å². The van der Waals surface area contributed by atoms with Crippen LogP contribution < -0.4 is 5.19 Å². The third-order valence-corrected chi connectivity index (χ3v) is 11.2. The van der Waals surface area contributed by atoms with Crippen LogP contribution in [0.25, 0.3) is 53.8 Å². The van der Waals surface area contributed by atoms with E-state index in [1.54, 1.807) is 30.3 Å². The molecule has 0 aliphatic heterocycles. The molecule has 0 N–H and O–H groups in total. The van der Waals surface area contributed by atoms with Gasteiger partial charge in [-0.2, -0.15) is 11.3 Å². The number of halogens is 1. The number of thiophene rings is 1.